The van der Waals surface area contributed by atoms with Crippen LogP contribution in [0.3, 0.4) is 0 Å². The van der Waals surface area contributed by atoms with Crippen molar-refractivity contribution in [3.8, 4) is 5.75 Å². The number of ether oxygens (including phenoxy) is 1. The molecule has 0 spiro atoms. The number of carbonyl (C=O) groups is 1. The highest BCUT2D eigenvalue weighted by Crippen LogP contribution is 2.25. The number of H-pyrrole nitrogens is 1. The molecular weight excluding hydrogens is 406 g/mol. The zero-order valence-corrected chi connectivity index (χ0v) is 17.5. The molecule has 3 rings (SSSR count). The number of hydrogen-bond donors (Lipinski definition) is 2. The van der Waals surface area contributed by atoms with Crippen molar-refractivity contribution in [2.45, 2.75) is 22.7 Å². The molecular formula is C21H21N3O3S2. The monoisotopic (exact) mass is 427 g/mol. The fourth-order valence-corrected chi connectivity index (χ4v) is 3.98. The summed E-state index contributed by atoms with van der Waals surface area (Å²) in [5.74, 6) is 1.13. The van der Waals surface area contributed by atoms with Gasteiger partial charge < -0.3 is 15.0 Å². The molecule has 1 amide bonds. The number of nitrogens with one attached hydrogen (secondary N) is 2. The molecule has 0 atom stereocenters. The lowest BCUT2D eigenvalue weighted by atomic mass is 10.3. The van der Waals surface area contributed by atoms with E-state index in [-0.39, 0.29) is 17.2 Å². The van der Waals surface area contributed by atoms with Crippen molar-refractivity contribution in [2.75, 3.05) is 17.7 Å². The molecule has 3 aromatic rings. The number of aromatic nitrogens is 2. The number of carbonyl (C=O) groups excluding carboxylic acids is 1. The Morgan fingerprint density at radius 3 is 2.66 bits per heavy atom. The zero-order valence-electron chi connectivity index (χ0n) is 15.9. The molecule has 0 saturated heterocycles. The Kier molecular flexibility index (Phi) is 7.77. The van der Waals surface area contributed by atoms with Gasteiger partial charge >= 0.3 is 0 Å². The molecule has 0 aliphatic rings. The summed E-state index contributed by atoms with van der Waals surface area (Å²) in [6.07, 6.45) is 0. The maximum absolute atomic E-state index is 12.3. The minimum atomic E-state index is -0.228. The maximum atomic E-state index is 12.3. The minimum absolute atomic E-state index is 0.124. The molecule has 0 aliphatic carbocycles. The highest BCUT2D eigenvalue weighted by atomic mass is 32.2. The summed E-state index contributed by atoms with van der Waals surface area (Å²) in [6.45, 7) is 2.40. The molecule has 1 heterocycles. The van der Waals surface area contributed by atoms with Gasteiger partial charge in [-0.1, -0.05) is 42.1 Å². The Morgan fingerprint density at radius 2 is 1.86 bits per heavy atom. The van der Waals surface area contributed by atoms with E-state index < -0.39 is 0 Å². The maximum Gasteiger partial charge on any atom is 0.251 e. The molecule has 0 bridgehead atoms. The number of hydrogen-bond acceptors (Lipinski definition) is 6. The first-order valence-electron chi connectivity index (χ1n) is 9.06. The standard InChI is InChI=1S/C21H21N3O3S2/c1-2-27-18-11-7-6-10-17(18)23-20(26)14-29-21-22-15(12-19(25)24-21)13-28-16-8-4-3-5-9-16/h3-12H,2,13-14H2,1H3,(H,23,26)(H,22,24,25). The second-order valence-electron chi connectivity index (χ2n) is 5.91. The summed E-state index contributed by atoms with van der Waals surface area (Å²) in [4.78, 5) is 32.5. The van der Waals surface area contributed by atoms with Crippen LogP contribution in [0.4, 0.5) is 5.69 Å². The van der Waals surface area contributed by atoms with Crippen molar-refractivity contribution in [2.24, 2.45) is 0 Å². The minimum Gasteiger partial charge on any atom is -0.492 e. The van der Waals surface area contributed by atoms with Crippen molar-refractivity contribution < 1.29 is 9.53 Å². The lowest BCUT2D eigenvalue weighted by Gasteiger charge is -2.11. The third-order valence-electron chi connectivity index (χ3n) is 3.70. The van der Waals surface area contributed by atoms with Gasteiger partial charge in [0, 0.05) is 16.7 Å². The molecule has 8 heteroatoms. The lowest BCUT2D eigenvalue weighted by Crippen LogP contribution is -2.16. The predicted octanol–water partition coefficient (Wildman–Crippen LogP) is 4.19. The molecule has 150 valence electrons. The number of benzene rings is 2. The zero-order chi connectivity index (χ0) is 20.5. The number of nitrogens with zero attached hydrogens (tertiary/aromatic N) is 1. The third-order valence-corrected chi connectivity index (χ3v) is 5.62. The fourth-order valence-electron chi connectivity index (χ4n) is 2.47. The van der Waals surface area contributed by atoms with Crippen molar-refractivity contribution in [1.29, 1.82) is 0 Å². The van der Waals surface area contributed by atoms with Gasteiger partial charge in [0.15, 0.2) is 5.16 Å². The molecule has 0 aliphatic heterocycles. The van der Waals surface area contributed by atoms with Crippen LogP contribution in [0.15, 0.2) is 75.5 Å². The highest BCUT2D eigenvalue weighted by Gasteiger charge is 2.10. The normalized spacial score (nSPS) is 10.5. The van der Waals surface area contributed by atoms with E-state index in [9.17, 15) is 9.59 Å². The lowest BCUT2D eigenvalue weighted by molar-refractivity contribution is -0.113. The quantitative estimate of drug-likeness (QED) is 0.393. The van der Waals surface area contributed by atoms with Crippen LogP contribution in [0, 0.1) is 0 Å². The molecule has 1 aromatic heterocycles. The Hall–Kier alpha value is -2.71. The van der Waals surface area contributed by atoms with Gasteiger partial charge in [0.1, 0.15) is 5.75 Å². The number of aromatic amines is 1. The third kappa shape index (κ3) is 6.69. The van der Waals surface area contributed by atoms with Gasteiger partial charge in [0.25, 0.3) is 5.56 Å². The predicted molar refractivity (Wildman–Crippen MR) is 118 cm³/mol. The largest absolute Gasteiger partial charge is 0.492 e. The van der Waals surface area contributed by atoms with E-state index in [1.54, 1.807) is 23.9 Å². The number of para-hydroxylation sites is 2. The summed E-state index contributed by atoms with van der Waals surface area (Å²) >= 11 is 2.79. The van der Waals surface area contributed by atoms with Gasteiger partial charge in [-0.2, -0.15) is 0 Å². The molecule has 0 saturated carbocycles. The van der Waals surface area contributed by atoms with Gasteiger partial charge in [-0.15, -0.1) is 11.8 Å². The molecule has 29 heavy (non-hydrogen) atoms. The van der Waals surface area contributed by atoms with Crippen LogP contribution in [0.25, 0.3) is 0 Å². The van der Waals surface area contributed by atoms with Crippen molar-refractivity contribution in [3.05, 3.63) is 76.7 Å². The van der Waals surface area contributed by atoms with E-state index in [2.05, 4.69) is 15.3 Å². The Morgan fingerprint density at radius 1 is 1.10 bits per heavy atom. The number of thioether (sulfide) groups is 2. The van der Waals surface area contributed by atoms with Gasteiger partial charge in [-0.05, 0) is 31.2 Å². The van der Waals surface area contributed by atoms with Crippen LogP contribution in [0.5, 0.6) is 5.75 Å². The Labute approximate surface area is 177 Å². The second kappa shape index (κ2) is 10.7. The average Bonchev–Trinajstić information content (AvgIpc) is 2.73. The van der Waals surface area contributed by atoms with Crippen LogP contribution in [-0.4, -0.2) is 28.2 Å². The van der Waals surface area contributed by atoms with Crippen molar-refractivity contribution >= 4 is 35.1 Å². The molecule has 6 nitrogen and oxygen atoms in total. The van der Waals surface area contributed by atoms with E-state index in [1.165, 1.54) is 17.8 Å². The first-order chi connectivity index (χ1) is 14.1. The number of rotatable bonds is 9. The first-order valence-corrected chi connectivity index (χ1v) is 11.0. The SMILES string of the molecule is CCOc1ccccc1NC(=O)CSc1nc(CSc2ccccc2)cc(=O)[nH]1. The fraction of sp³-hybridized carbons (Fsp3) is 0.190. The van der Waals surface area contributed by atoms with E-state index in [1.807, 2.05) is 49.4 Å². The van der Waals surface area contributed by atoms with Crippen LogP contribution < -0.4 is 15.6 Å². The van der Waals surface area contributed by atoms with Crippen LogP contribution in [0.1, 0.15) is 12.6 Å². The highest BCUT2D eigenvalue weighted by molar-refractivity contribution is 7.99. The Bertz CT molecular complexity index is 1010. The van der Waals surface area contributed by atoms with Gasteiger partial charge in [0.2, 0.25) is 5.91 Å². The number of amides is 1. The van der Waals surface area contributed by atoms with E-state index in [0.29, 0.717) is 34.6 Å². The molecule has 2 N–H and O–H groups in total. The average molecular weight is 428 g/mol. The molecule has 0 unspecified atom stereocenters. The van der Waals surface area contributed by atoms with Gasteiger partial charge in [-0.3, -0.25) is 9.59 Å². The summed E-state index contributed by atoms with van der Waals surface area (Å²) < 4.78 is 5.51. The smallest absolute Gasteiger partial charge is 0.251 e. The first kappa shape index (κ1) is 21.0. The summed E-state index contributed by atoms with van der Waals surface area (Å²) in [6, 6.07) is 18.7. The van der Waals surface area contributed by atoms with Gasteiger partial charge in [0.05, 0.1) is 23.7 Å². The summed E-state index contributed by atoms with van der Waals surface area (Å²) in [5.41, 5.74) is 1.06. The number of anilines is 1. The van der Waals surface area contributed by atoms with Crippen LogP contribution in [0.2, 0.25) is 0 Å². The van der Waals surface area contributed by atoms with Gasteiger partial charge in [-0.25, -0.2) is 4.98 Å². The van der Waals surface area contributed by atoms with Crippen LogP contribution >= 0.6 is 23.5 Å². The summed E-state index contributed by atoms with van der Waals surface area (Å²) in [5, 5.41) is 3.26. The summed E-state index contributed by atoms with van der Waals surface area (Å²) in [7, 11) is 0. The van der Waals surface area contributed by atoms with E-state index >= 15 is 0 Å². The molecule has 0 radical (unpaired) electrons. The molecule has 0 fully saturated rings. The van der Waals surface area contributed by atoms with Crippen molar-refractivity contribution in [3.63, 3.8) is 0 Å². The Balaban J connectivity index is 1.58. The second-order valence-corrected chi connectivity index (χ2v) is 7.92. The van der Waals surface area contributed by atoms with E-state index in [4.69, 9.17) is 4.74 Å². The molecule has 2 aromatic carbocycles. The van der Waals surface area contributed by atoms with Crippen molar-refractivity contribution in [1.82, 2.24) is 9.97 Å². The van der Waals surface area contributed by atoms with Crippen LogP contribution in [-0.2, 0) is 10.5 Å². The van der Waals surface area contributed by atoms with E-state index in [0.717, 1.165) is 4.90 Å². The topological polar surface area (TPSA) is 84.1 Å².